The monoisotopic (exact) mass is 380 g/mol. The van der Waals surface area contributed by atoms with E-state index in [4.69, 9.17) is 4.52 Å². The number of hydrogen-bond acceptors (Lipinski definition) is 5. The summed E-state index contributed by atoms with van der Waals surface area (Å²) in [6, 6.07) is 6.28. The lowest BCUT2D eigenvalue weighted by atomic mass is 9.96. The number of carbonyl (C=O) groups is 1. The van der Waals surface area contributed by atoms with Crippen molar-refractivity contribution in [3.05, 3.63) is 41.9 Å². The molecular formula is C22H28N4O2. The lowest BCUT2D eigenvalue weighted by Gasteiger charge is -2.33. The van der Waals surface area contributed by atoms with Crippen molar-refractivity contribution in [3.8, 4) is 11.4 Å². The van der Waals surface area contributed by atoms with E-state index in [2.05, 4.69) is 27.7 Å². The van der Waals surface area contributed by atoms with Crippen LogP contribution in [0, 0.1) is 0 Å². The van der Waals surface area contributed by atoms with E-state index in [1.165, 1.54) is 5.56 Å². The summed E-state index contributed by atoms with van der Waals surface area (Å²) in [4.78, 5) is 21.3. The fourth-order valence-corrected chi connectivity index (χ4v) is 4.23. The summed E-state index contributed by atoms with van der Waals surface area (Å²) < 4.78 is 5.61. The van der Waals surface area contributed by atoms with Crippen molar-refractivity contribution in [1.29, 1.82) is 0 Å². The Kier molecular flexibility index (Phi) is 4.96. The van der Waals surface area contributed by atoms with Crippen LogP contribution in [0.2, 0.25) is 0 Å². The van der Waals surface area contributed by atoms with Crippen LogP contribution in [-0.2, 0) is 11.2 Å². The fraction of sp³-hybridized carbons (Fsp3) is 0.500. The van der Waals surface area contributed by atoms with Crippen molar-refractivity contribution >= 4 is 11.6 Å². The molecular weight excluding hydrogens is 352 g/mol. The third kappa shape index (κ3) is 3.43. The van der Waals surface area contributed by atoms with Crippen LogP contribution in [0.5, 0.6) is 0 Å². The quantitative estimate of drug-likeness (QED) is 0.798. The zero-order chi connectivity index (χ0) is 19.8. The molecule has 0 radical (unpaired) electrons. The fourth-order valence-electron chi connectivity index (χ4n) is 4.23. The van der Waals surface area contributed by atoms with E-state index in [0.29, 0.717) is 24.1 Å². The van der Waals surface area contributed by atoms with Crippen LogP contribution in [0.25, 0.3) is 11.4 Å². The second kappa shape index (κ2) is 7.41. The maximum Gasteiger partial charge on any atom is 0.230 e. The molecule has 2 aliphatic rings. The van der Waals surface area contributed by atoms with Gasteiger partial charge in [0.15, 0.2) is 0 Å². The van der Waals surface area contributed by atoms with Crippen LogP contribution in [0.1, 0.15) is 57.4 Å². The Bertz CT molecular complexity index is 894. The SMILES string of the molecule is C=C(C)N1CCC(c2nc(-c3ccc4c(c3)N(C(C)C)C(=O)CC4)no2)CC1. The summed E-state index contributed by atoms with van der Waals surface area (Å²) in [6.07, 6.45) is 3.35. The molecule has 1 amide bonds. The molecule has 0 spiro atoms. The van der Waals surface area contributed by atoms with Crippen LogP contribution in [0.4, 0.5) is 5.69 Å². The zero-order valence-electron chi connectivity index (χ0n) is 16.9. The largest absolute Gasteiger partial charge is 0.375 e. The summed E-state index contributed by atoms with van der Waals surface area (Å²) in [7, 11) is 0. The molecule has 0 unspecified atom stereocenters. The average molecular weight is 380 g/mol. The highest BCUT2D eigenvalue weighted by Gasteiger charge is 2.28. The van der Waals surface area contributed by atoms with Gasteiger partial charge in [-0.3, -0.25) is 4.79 Å². The molecule has 6 nitrogen and oxygen atoms in total. The first-order valence-electron chi connectivity index (χ1n) is 10.1. The van der Waals surface area contributed by atoms with Gasteiger partial charge in [0.1, 0.15) is 0 Å². The molecule has 6 heteroatoms. The molecule has 4 rings (SSSR count). The number of rotatable bonds is 4. The van der Waals surface area contributed by atoms with Gasteiger partial charge in [-0.2, -0.15) is 4.98 Å². The number of nitrogens with zero attached hydrogens (tertiary/aromatic N) is 4. The number of hydrogen-bond donors (Lipinski definition) is 0. The lowest BCUT2D eigenvalue weighted by Crippen LogP contribution is -2.40. The number of benzene rings is 1. The molecule has 0 atom stereocenters. The standard InChI is InChI=1S/C22H28N4O2/c1-14(2)25-11-9-17(10-12-25)22-23-21(24-28-22)18-6-5-16-7-8-20(27)26(15(3)4)19(16)13-18/h5-6,13,15,17H,1,7-12H2,2-4H3. The van der Waals surface area contributed by atoms with Gasteiger partial charge in [-0.25, -0.2) is 0 Å². The Morgan fingerprint density at radius 1 is 1.25 bits per heavy atom. The van der Waals surface area contributed by atoms with Crippen LogP contribution in [0.15, 0.2) is 35.0 Å². The highest BCUT2D eigenvalue weighted by Crippen LogP contribution is 2.34. The molecule has 1 aromatic heterocycles. The number of aromatic nitrogens is 2. The van der Waals surface area contributed by atoms with Crippen molar-refractivity contribution in [3.63, 3.8) is 0 Å². The van der Waals surface area contributed by atoms with Crippen molar-refractivity contribution in [2.45, 2.75) is 58.4 Å². The normalized spacial score (nSPS) is 17.9. The molecule has 2 aliphatic heterocycles. The molecule has 28 heavy (non-hydrogen) atoms. The smallest absolute Gasteiger partial charge is 0.230 e. The van der Waals surface area contributed by atoms with E-state index >= 15 is 0 Å². The van der Waals surface area contributed by atoms with Gasteiger partial charge in [0.25, 0.3) is 0 Å². The molecule has 1 aromatic carbocycles. The summed E-state index contributed by atoms with van der Waals surface area (Å²) in [5, 5.41) is 4.23. The van der Waals surface area contributed by atoms with E-state index < -0.39 is 0 Å². The van der Waals surface area contributed by atoms with Crippen LogP contribution >= 0.6 is 0 Å². The van der Waals surface area contributed by atoms with Crippen LogP contribution in [-0.4, -0.2) is 40.1 Å². The summed E-state index contributed by atoms with van der Waals surface area (Å²) in [5.74, 6) is 1.79. The molecule has 2 aromatic rings. The Labute approximate surface area is 166 Å². The summed E-state index contributed by atoms with van der Waals surface area (Å²) in [5.41, 5.74) is 4.19. The number of amides is 1. The Hall–Kier alpha value is -2.63. The number of allylic oxidation sites excluding steroid dienone is 1. The first-order valence-corrected chi connectivity index (χ1v) is 10.1. The van der Waals surface area contributed by atoms with Crippen molar-refractivity contribution in [2.75, 3.05) is 18.0 Å². The second-order valence-corrected chi connectivity index (χ2v) is 8.15. The van der Waals surface area contributed by atoms with Gasteiger partial charge in [0.05, 0.1) is 0 Å². The minimum atomic E-state index is 0.126. The van der Waals surface area contributed by atoms with Crippen molar-refractivity contribution in [1.82, 2.24) is 15.0 Å². The number of likely N-dealkylation sites (tertiary alicyclic amines) is 1. The second-order valence-electron chi connectivity index (χ2n) is 8.15. The van der Waals surface area contributed by atoms with Crippen molar-refractivity contribution < 1.29 is 9.32 Å². The highest BCUT2D eigenvalue weighted by atomic mass is 16.5. The molecule has 1 fully saturated rings. The summed E-state index contributed by atoms with van der Waals surface area (Å²) >= 11 is 0. The van der Waals surface area contributed by atoms with E-state index in [-0.39, 0.29) is 11.9 Å². The van der Waals surface area contributed by atoms with E-state index in [0.717, 1.165) is 49.3 Å². The molecule has 148 valence electrons. The topological polar surface area (TPSA) is 62.5 Å². The number of fused-ring (bicyclic) bond motifs is 1. The molecule has 0 aliphatic carbocycles. The van der Waals surface area contributed by atoms with Crippen molar-refractivity contribution in [2.24, 2.45) is 0 Å². The van der Waals surface area contributed by atoms with E-state index in [1.54, 1.807) is 0 Å². The predicted octanol–water partition coefficient (Wildman–Crippen LogP) is 4.14. The first-order chi connectivity index (χ1) is 13.4. The minimum Gasteiger partial charge on any atom is -0.375 e. The number of anilines is 1. The Balaban J connectivity index is 1.56. The van der Waals surface area contributed by atoms with Gasteiger partial charge in [0.2, 0.25) is 17.6 Å². The van der Waals surface area contributed by atoms with E-state index in [1.807, 2.05) is 37.8 Å². The number of carbonyl (C=O) groups excluding carboxylic acids is 1. The maximum atomic E-state index is 12.4. The van der Waals surface area contributed by atoms with Crippen LogP contribution in [0.3, 0.4) is 0 Å². The minimum absolute atomic E-state index is 0.126. The Morgan fingerprint density at radius 3 is 2.68 bits per heavy atom. The third-order valence-electron chi connectivity index (χ3n) is 5.82. The van der Waals surface area contributed by atoms with Gasteiger partial charge in [-0.15, -0.1) is 0 Å². The number of aryl methyl sites for hydroxylation is 1. The van der Waals surface area contributed by atoms with Gasteiger partial charge in [-0.1, -0.05) is 23.9 Å². The van der Waals surface area contributed by atoms with Gasteiger partial charge in [0, 0.05) is 48.4 Å². The lowest BCUT2D eigenvalue weighted by molar-refractivity contribution is -0.119. The molecule has 0 N–H and O–H groups in total. The van der Waals surface area contributed by atoms with E-state index in [9.17, 15) is 4.79 Å². The van der Waals surface area contributed by atoms with Gasteiger partial charge < -0.3 is 14.3 Å². The number of piperidine rings is 1. The molecule has 0 bridgehead atoms. The Morgan fingerprint density at radius 2 is 2.00 bits per heavy atom. The highest BCUT2D eigenvalue weighted by molar-refractivity contribution is 5.97. The van der Waals surface area contributed by atoms with Gasteiger partial charge in [-0.05, 0) is 51.7 Å². The zero-order valence-corrected chi connectivity index (χ0v) is 16.9. The molecule has 1 saturated heterocycles. The third-order valence-corrected chi connectivity index (χ3v) is 5.82. The summed E-state index contributed by atoms with van der Waals surface area (Å²) in [6.45, 7) is 12.1. The first kappa shape index (κ1) is 18.7. The van der Waals surface area contributed by atoms with Gasteiger partial charge >= 0.3 is 0 Å². The molecule has 0 saturated carbocycles. The molecule has 3 heterocycles. The van der Waals surface area contributed by atoms with Crippen LogP contribution < -0.4 is 4.90 Å². The average Bonchev–Trinajstić information content (AvgIpc) is 3.17. The maximum absolute atomic E-state index is 12.4. The predicted molar refractivity (Wildman–Crippen MR) is 109 cm³/mol.